The summed E-state index contributed by atoms with van der Waals surface area (Å²) < 4.78 is 39.5. The van der Waals surface area contributed by atoms with Gasteiger partial charge < -0.3 is 4.74 Å². The Morgan fingerprint density at radius 2 is 2.00 bits per heavy atom. The lowest BCUT2D eigenvalue weighted by molar-refractivity contribution is -0.274. The van der Waals surface area contributed by atoms with E-state index in [1.165, 1.54) is 12.1 Å². The summed E-state index contributed by atoms with van der Waals surface area (Å²) >= 11 is 8.14. The topological polar surface area (TPSA) is 21.3 Å². The van der Waals surface area contributed by atoms with Crippen LogP contribution in [0.4, 0.5) is 18.9 Å². The molecule has 0 aromatic heterocycles. The predicted molar refractivity (Wildman–Crippen MR) is 50.3 cm³/mol. The number of ether oxygens (including phenoxy) is 1. The summed E-state index contributed by atoms with van der Waals surface area (Å²) in [6.07, 6.45) is -4.71. The van der Waals surface area contributed by atoms with Crippen LogP contribution in [0.2, 0.25) is 0 Å². The fourth-order valence-electron chi connectivity index (χ4n) is 0.765. The molecular formula is C7H4BrClF3NO. The van der Waals surface area contributed by atoms with Gasteiger partial charge in [0.25, 0.3) is 0 Å². The van der Waals surface area contributed by atoms with E-state index in [0.29, 0.717) is 5.69 Å². The highest BCUT2D eigenvalue weighted by molar-refractivity contribution is 9.10. The van der Waals surface area contributed by atoms with Gasteiger partial charge in [-0.25, -0.2) is 0 Å². The third-order valence-electron chi connectivity index (χ3n) is 1.27. The van der Waals surface area contributed by atoms with E-state index in [2.05, 4.69) is 25.5 Å². The van der Waals surface area contributed by atoms with E-state index in [1.54, 1.807) is 0 Å². The van der Waals surface area contributed by atoms with Crippen molar-refractivity contribution in [2.24, 2.45) is 0 Å². The van der Waals surface area contributed by atoms with Gasteiger partial charge in [0, 0.05) is 17.8 Å². The molecule has 0 saturated carbocycles. The normalized spacial score (nSPS) is 11.2. The molecule has 14 heavy (non-hydrogen) atoms. The SMILES string of the molecule is FC(F)(F)Oc1cc(NCl)ccc1Br. The van der Waals surface area contributed by atoms with Gasteiger partial charge in [0.15, 0.2) is 0 Å². The second-order valence-corrected chi connectivity index (χ2v) is 3.33. The van der Waals surface area contributed by atoms with Crippen molar-refractivity contribution in [1.29, 1.82) is 0 Å². The molecule has 0 amide bonds. The Bertz CT molecular complexity index is 331. The van der Waals surface area contributed by atoms with Gasteiger partial charge in [0.1, 0.15) is 5.75 Å². The van der Waals surface area contributed by atoms with Gasteiger partial charge in [-0.05, 0) is 28.1 Å². The first-order valence-corrected chi connectivity index (χ1v) is 4.51. The highest BCUT2D eigenvalue weighted by atomic mass is 79.9. The van der Waals surface area contributed by atoms with Crippen molar-refractivity contribution in [1.82, 2.24) is 0 Å². The van der Waals surface area contributed by atoms with Crippen molar-refractivity contribution in [3.63, 3.8) is 0 Å². The molecule has 0 unspecified atom stereocenters. The summed E-state index contributed by atoms with van der Waals surface area (Å²) in [7, 11) is 0. The molecule has 1 aromatic carbocycles. The third kappa shape index (κ3) is 3.26. The molecule has 0 radical (unpaired) electrons. The maximum Gasteiger partial charge on any atom is 0.573 e. The molecule has 0 aliphatic rings. The average Bonchev–Trinajstić information content (AvgIpc) is 2.06. The Labute approximate surface area is 91.2 Å². The fraction of sp³-hybridized carbons (Fsp3) is 0.143. The minimum absolute atomic E-state index is 0.200. The highest BCUT2D eigenvalue weighted by Crippen LogP contribution is 2.32. The van der Waals surface area contributed by atoms with Crippen LogP contribution >= 0.6 is 27.7 Å². The molecule has 0 saturated heterocycles. The first kappa shape index (κ1) is 11.5. The summed E-state index contributed by atoms with van der Waals surface area (Å²) in [6, 6.07) is 4.02. The number of hydrogen-bond donors (Lipinski definition) is 1. The molecule has 0 aliphatic carbocycles. The second-order valence-electron chi connectivity index (χ2n) is 2.29. The Balaban J connectivity index is 2.95. The van der Waals surface area contributed by atoms with Crippen molar-refractivity contribution >= 4 is 33.4 Å². The van der Waals surface area contributed by atoms with Gasteiger partial charge >= 0.3 is 6.36 Å². The lowest BCUT2D eigenvalue weighted by Crippen LogP contribution is -2.17. The molecule has 7 heteroatoms. The highest BCUT2D eigenvalue weighted by Gasteiger charge is 2.32. The Morgan fingerprint density at radius 1 is 1.36 bits per heavy atom. The minimum Gasteiger partial charge on any atom is -0.405 e. The van der Waals surface area contributed by atoms with Crippen LogP contribution in [0.15, 0.2) is 22.7 Å². The number of benzene rings is 1. The summed E-state index contributed by atoms with van der Waals surface area (Å²) in [5.41, 5.74) is 0.314. The quantitative estimate of drug-likeness (QED) is 0.834. The molecule has 0 fully saturated rings. The number of hydrogen-bond acceptors (Lipinski definition) is 2. The molecule has 0 heterocycles. The summed E-state index contributed by atoms with van der Waals surface area (Å²) in [4.78, 5) is 2.18. The largest absolute Gasteiger partial charge is 0.573 e. The number of alkyl halides is 3. The van der Waals surface area contributed by atoms with E-state index in [0.717, 1.165) is 6.07 Å². The van der Waals surface area contributed by atoms with Crippen LogP contribution in [0.1, 0.15) is 0 Å². The van der Waals surface area contributed by atoms with E-state index >= 15 is 0 Å². The van der Waals surface area contributed by atoms with Gasteiger partial charge in [0.05, 0.1) is 10.2 Å². The summed E-state index contributed by atoms with van der Waals surface area (Å²) in [5.74, 6) is -0.344. The molecule has 1 N–H and O–H groups in total. The van der Waals surface area contributed by atoms with Crippen molar-refractivity contribution < 1.29 is 17.9 Å². The van der Waals surface area contributed by atoms with Crippen LogP contribution in [0.3, 0.4) is 0 Å². The lowest BCUT2D eigenvalue weighted by atomic mass is 10.3. The zero-order chi connectivity index (χ0) is 10.8. The van der Waals surface area contributed by atoms with Gasteiger partial charge in [0.2, 0.25) is 0 Å². The van der Waals surface area contributed by atoms with Crippen LogP contribution in [0.5, 0.6) is 5.75 Å². The van der Waals surface area contributed by atoms with Crippen molar-refractivity contribution in [3.8, 4) is 5.75 Å². The van der Waals surface area contributed by atoms with E-state index < -0.39 is 6.36 Å². The van der Waals surface area contributed by atoms with Crippen LogP contribution in [0.25, 0.3) is 0 Å². The van der Waals surface area contributed by atoms with Gasteiger partial charge in [-0.2, -0.15) is 0 Å². The second kappa shape index (κ2) is 4.27. The van der Waals surface area contributed by atoms with E-state index in [4.69, 9.17) is 11.8 Å². The Morgan fingerprint density at radius 3 is 2.50 bits per heavy atom. The van der Waals surface area contributed by atoms with Gasteiger partial charge in [-0.3, -0.25) is 4.84 Å². The maximum atomic E-state index is 11.9. The summed E-state index contributed by atoms with van der Waals surface area (Å²) in [5, 5.41) is 0. The van der Waals surface area contributed by atoms with Crippen LogP contribution in [0, 0.1) is 0 Å². The zero-order valence-corrected chi connectivity index (χ0v) is 8.87. The van der Waals surface area contributed by atoms with Crippen molar-refractivity contribution in [3.05, 3.63) is 22.7 Å². The predicted octanol–water partition coefficient (Wildman–Crippen LogP) is 3.91. The fourth-order valence-corrected chi connectivity index (χ4v) is 1.21. The molecule has 0 atom stereocenters. The van der Waals surface area contributed by atoms with Crippen LogP contribution in [-0.2, 0) is 0 Å². The molecule has 1 rings (SSSR count). The molecule has 1 aromatic rings. The molecule has 0 spiro atoms. The minimum atomic E-state index is -4.71. The first-order chi connectivity index (χ1) is 6.42. The molecular weight excluding hydrogens is 286 g/mol. The van der Waals surface area contributed by atoms with Crippen LogP contribution in [-0.4, -0.2) is 6.36 Å². The standard InChI is InChI=1S/C7H4BrClF3NO/c8-5-2-1-4(13-9)3-6(5)14-7(10,11)12/h1-3,13H. The summed E-state index contributed by atoms with van der Waals surface area (Å²) in [6.45, 7) is 0. The average molecular weight is 290 g/mol. The third-order valence-corrected chi connectivity index (χ3v) is 2.14. The smallest absolute Gasteiger partial charge is 0.405 e. The molecule has 78 valence electrons. The Kier molecular flexibility index (Phi) is 3.49. The number of halogens is 5. The van der Waals surface area contributed by atoms with Crippen molar-refractivity contribution in [2.45, 2.75) is 6.36 Å². The van der Waals surface area contributed by atoms with Gasteiger partial charge in [-0.15, -0.1) is 13.2 Å². The van der Waals surface area contributed by atoms with E-state index in [9.17, 15) is 13.2 Å². The molecule has 0 bridgehead atoms. The monoisotopic (exact) mass is 289 g/mol. The van der Waals surface area contributed by atoms with E-state index in [1.807, 2.05) is 0 Å². The first-order valence-electron chi connectivity index (χ1n) is 3.34. The zero-order valence-electron chi connectivity index (χ0n) is 6.53. The molecule has 0 aliphatic heterocycles. The van der Waals surface area contributed by atoms with E-state index in [-0.39, 0.29) is 10.2 Å². The number of nitrogens with one attached hydrogen (secondary N) is 1. The maximum absolute atomic E-state index is 11.9. The molecule has 2 nitrogen and oxygen atoms in total. The Hall–Kier alpha value is -0.620. The van der Waals surface area contributed by atoms with Gasteiger partial charge in [-0.1, -0.05) is 0 Å². The number of rotatable bonds is 2. The van der Waals surface area contributed by atoms with Crippen molar-refractivity contribution in [2.75, 3.05) is 4.84 Å². The number of anilines is 1. The van der Waals surface area contributed by atoms with Crippen LogP contribution < -0.4 is 9.57 Å². The lowest BCUT2D eigenvalue weighted by Gasteiger charge is -2.11.